The number of carbonyl (C=O) groups is 1. The number of furan rings is 1. The van der Waals surface area contributed by atoms with Crippen LogP contribution >= 0.6 is 11.3 Å². The summed E-state index contributed by atoms with van der Waals surface area (Å²) in [7, 11) is 0. The molecular formula is C22H20N2O4S. The first-order valence-electron chi connectivity index (χ1n) is 9.72. The molecule has 7 heteroatoms. The molecule has 5 rings (SSSR count). The van der Waals surface area contributed by atoms with E-state index in [1.807, 2.05) is 19.9 Å². The van der Waals surface area contributed by atoms with Crippen molar-refractivity contribution in [2.24, 2.45) is 0 Å². The van der Waals surface area contributed by atoms with E-state index in [0.717, 1.165) is 58.2 Å². The largest absolute Gasteiger partial charge is 0.461 e. The molecule has 0 bridgehead atoms. The predicted molar refractivity (Wildman–Crippen MR) is 113 cm³/mol. The first-order valence-corrected chi connectivity index (χ1v) is 10.5. The second kappa shape index (κ2) is 6.84. The van der Waals surface area contributed by atoms with E-state index < -0.39 is 5.63 Å². The summed E-state index contributed by atoms with van der Waals surface area (Å²) in [6.07, 6.45) is 5.90. The molecule has 0 fully saturated rings. The van der Waals surface area contributed by atoms with Crippen LogP contribution in [0.5, 0.6) is 0 Å². The maximum absolute atomic E-state index is 12.6. The van der Waals surface area contributed by atoms with Crippen molar-refractivity contribution in [1.29, 1.82) is 0 Å². The molecule has 3 heterocycles. The number of amides is 1. The van der Waals surface area contributed by atoms with Gasteiger partial charge in [-0.15, -0.1) is 11.3 Å². The first-order chi connectivity index (χ1) is 14.0. The highest BCUT2D eigenvalue weighted by Crippen LogP contribution is 2.35. The van der Waals surface area contributed by atoms with Crippen LogP contribution in [0.2, 0.25) is 0 Å². The highest BCUT2D eigenvalue weighted by Gasteiger charge is 2.21. The molecular weight excluding hydrogens is 388 g/mol. The molecule has 0 saturated heterocycles. The number of hydrogen-bond donors (Lipinski definition) is 1. The molecule has 4 aromatic rings. The number of fused-ring (bicyclic) bond motifs is 4. The van der Waals surface area contributed by atoms with Gasteiger partial charge in [-0.25, -0.2) is 9.78 Å². The molecule has 3 aromatic heterocycles. The summed E-state index contributed by atoms with van der Waals surface area (Å²) in [6.45, 7) is 3.79. The zero-order valence-corrected chi connectivity index (χ0v) is 17.1. The molecule has 0 saturated carbocycles. The molecule has 0 spiro atoms. The number of carbonyl (C=O) groups excluding carboxylic acids is 1. The van der Waals surface area contributed by atoms with Crippen LogP contribution in [-0.4, -0.2) is 10.9 Å². The number of aryl methyl sites for hydroxylation is 4. The lowest BCUT2D eigenvalue weighted by Gasteiger charge is -2.09. The summed E-state index contributed by atoms with van der Waals surface area (Å²) in [5, 5.41) is 5.21. The van der Waals surface area contributed by atoms with Crippen molar-refractivity contribution in [3.63, 3.8) is 0 Å². The van der Waals surface area contributed by atoms with Crippen LogP contribution in [0.15, 0.2) is 32.0 Å². The number of nitrogens with zero attached hydrogens (tertiary/aromatic N) is 1. The Morgan fingerprint density at radius 2 is 1.93 bits per heavy atom. The fraction of sp³-hybridized carbons (Fsp3) is 0.318. The summed E-state index contributed by atoms with van der Waals surface area (Å²) >= 11 is 1.40. The van der Waals surface area contributed by atoms with Gasteiger partial charge in [0.1, 0.15) is 16.9 Å². The highest BCUT2D eigenvalue weighted by molar-refractivity contribution is 7.15. The van der Waals surface area contributed by atoms with Gasteiger partial charge in [-0.2, -0.15) is 0 Å². The smallest absolute Gasteiger partial charge is 0.340 e. The third-order valence-electron chi connectivity index (χ3n) is 5.57. The Labute approximate surface area is 170 Å². The average Bonchev–Trinajstić information content (AvgIpc) is 3.26. The molecule has 1 amide bonds. The van der Waals surface area contributed by atoms with E-state index in [2.05, 4.69) is 10.3 Å². The minimum absolute atomic E-state index is 0.0513. The Hall–Kier alpha value is -2.93. The van der Waals surface area contributed by atoms with Gasteiger partial charge in [0.15, 0.2) is 5.13 Å². The normalized spacial score (nSPS) is 13.7. The Morgan fingerprint density at radius 3 is 2.72 bits per heavy atom. The number of rotatable bonds is 3. The minimum Gasteiger partial charge on any atom is -0.461 e. The second-order valence-corrected chi connectivity index (χ2v) is 8.78. The summed E-state index contributed by atoms with van der Waals surface area (Å²) in [5.41, 5.74) is 3.17. The van der Waals surface area contributed by atoms with Crippen molar-refractivity contribution in [3.8, 4) is 0 Å². The Kier molecular flexibility index (Phi) is 4.28. The van der Waals surface area contributed by atoms with Crippen LogP contribution in [0, 0.1) is 13.8 Å². The van der Waals surface area contributed by atoms with Crippen LogP contribution in [0.3, 0.4) is 0 Å². The number of hydrogen-bond acceptors (Lipinski definition) is 6. The molecule has 29 heavy (non-hydrogen) atoms. The lowest BCUT2D eigenvalue weighted by molar-refractivity contribution is -0.115. The van der Waals surface area contributed by atoms with E-state index in [-0.39, 0.29) is 12.3 Å². The summed E-state index contributed by atoms with van der Waals surface area (Å²) in [4.78, 5) is 30.2. The SMILES string of the molecule is Cc1cnc(NC(=O)Cc2c(C)c3cc4c5c(oc4cc3oc2=O)CCCC5)s1. The number of aromatic nitrogens is 1. The molecule has 1 aromatic carbocycles. The van der Waals surface area contributed by atoms with Crippen molar-refractivity contribution >= 4 is 44.3 Å². The minimum atomic E-state index is -0.490. The highest BCUT2D eigenvalue weighted by atomic mass is 32.1. The molecule has 0 radical (unpaired) electrons. The van der Waals surface area contributed by atoms with Crippen molar-refractivity contribution in [3.05, 3.63) is 56.1 Å². The Balaban J connectivity index is 1.56. The summed E-state index contributed by atoms with van der Waals surface area (Å²) < 4.78 is 11.6. The van der Waals surface area contributed by atoms with Crippen molar-refractivity contribution in [2.45, 2.75) is 46.0 Å². The topological polar surface area (TPSA) is 85.3 Å². The van der Waals surface area contributed by atoms with Gasteiger partial charge < -0.3 is 14.2 Å². The van der Waals surface area contributed by atoms with Crippen LogP contribution in [0.4, 0.5) is 5.13 Å². The Morgan fingerprint density at radius 1 is 1.14 bits per heavy atom. The van der Waals surface area contributed by atoms with Crippen molar-refractivity contribution in [1.82, 2.24) is 4.98 Å². The fourth-order valence-electron chi connectivity index (χ4n) is 4.09. The standard InChI is InChI=1S/C22H20N2O4S/c1-11-10-23-22(29-11)24-20(25)8-15-12(2)14-7-16-13-5-3-4-6-17(13)27-19(16)9-18(14)28-21(15)26/h7,9-10H,3-6,8H2,1-2H3,(H,23,24,25). The van der Waals surface area contributed by atoms with Crippen LogP contribution in [-0.2, 0) is 24.1 Å². The second-order valence-electron chi connectivity index (χ2n) is 7.55. The number of benzene rings is 1. The molecule has 1 N–H and O–H groups in total. The van der Waals surface area contributed by atoms with Gasteiger partial charge in [0.05, 0.1) is 12.0 Å². The maximum atomic E-state index is 12.6. The van der Waals surface area contributed by atoms with Gasteiger partial charge >= 0.3 is 5.63 Å². The van der Waals surface area contributed by atoms with E-state index in [1.165, 1.54) is 16.9 Å². The van der Waals surface area contributed by atoms with Crippen LogP contribution < -0.4 is 10.9 Å². The van der Waals surface area contributed by atoms with Crippen LogP contribution in [0.25, 0.3) is 21.9 Å². The Bertz CT molecular complexity index is 1330. The first kappa shape index (κ1) is 18.1. The van der Waals surface area contributed by atoms with E-state index in [9.17, 15) is 9.59 Å². The third kappa shape index (κ3) is 3.15. The molecule has 0 unspecified atom stereocenters. The summed E-state index contributed by atoms with van der Waals surface area (Å²) in [5.74, 6) is 0.760. The fourth-order valence-corrected chi connectivity index (χ4v) is 4.77. The average molecular weight is 408 g/mol. The van der Waals surface area contributed by atoms with Gasteiger partial charge in [-0.05, 0) is 44.7 Å². The van der Waals surface area contributed by atoms with E-state index in [4.69, 9.17) is 8.83 Å². The van der Waals surface area contributed by atoms with Crippen molar-refractivity contribution in [2.75, 3.05) is 5.32 Å². The lowest BCUT2D eigenvalue weighted by atomic mass is 9.94. The zero-order valence-electron chi connectivity index (χ0n) is 16.3. The van der Waals surface area contributed by atoms with E-state index in [1.54, 1.807) is 12.3 Å². The molecule has 0 aliphatic heterocycles. The molecule has 1 aliphatic rings. The van der Waals surface area contributed by atoms with E-state index in [0.29, 0.717) is 16.3 Å². The van der Waals surface area contributed by atoms with Gasteiger partial charge in [-0.3, -0.25) is 4.79 Å². The number of nitrogens with one attached hydrogen (secondary N) is 1. The zero-order chi connectivity index (χ0) is 20.1. The summed E-state index contributed by atoms with van der Waals surface area (Å²) in [6, 6.07) is 3.85. The number of anilines is 1. The third-order valence-corrected chi connectivity index (χ3v) is 6.40. The number of thiazole rings is 1. The van der Waals surface area contributed by atoms with Gasteiger partial charge in [0, 0.05) is 39.9 Å². The lowest BCUT2D eigenvalue weighted by Crippen LogP contribution is -2.20. The van der Waals surface area contributed by atoms with Crippen LogP contribution in [0.1, 0.15) is 40.2 Å². The maximum Gasteiger partial charge on any atom is 0.340 e. The predicted octanol–water partition coefficient (Wildman–Crippen LogP) is 4.67. The van der Waals surface area contributed by atoms with Gasteiger partial charge in [-0.1, -0.05) is 0 Å². The monoisotopic (exact) mass is 408 g/mol. The molecule has 6 nitrogen and oxygen atoms in total. The molecule has 0 atom stereocenters. The molecule has 1 aliphatic carbocycles. The van der Waals surface area contributed by atoms with E-state index >= 15 is 0 Å². The van der Waals surface area contributed by atoms with Gasteiger partial charge in [0.25, 0.3) is 0 Å². The quantitative estimate of drug-likeness (QED) is 0.498. The van der Waals surface area contributed by atoms with Gasteiger partial charge in [0.2, 0.25) is 5.91 Å². The molecule has 148 valence electrons. The van der Waals surface area contributed by atoms with Crippen molar-refractivity contribution < 1.29 is 13.6 Å².